The molecule has 0 N–H and O–H groups in total. The molecule has 1 aliphatic heterocycles. The maximum absolute atomic E-state index is 12.8. The van der Waals surface area contributed by atoms with Crippen LogP contribution in [-0.2, 0) is 16.1 Å². The van der Waals surface area contributed by atoms with Gasteiger partial charge in [0.25, 0.3) is 0 Å². The number of amides is 2. The number of carbonyl (C=O) groups excluding carboxylic acids is 2. The monoisotopic (exact) mass is 293 g/mol. The van der Waals surface area contributed by atoms with Crippen molar-refractivity contribution in [2.45, 2.75) is 25.8 Å². The molecule has 0 saturated carbocycles. The van der Waals surface area contributed by atoms with E-state index < -0.39 is 0 Å². The summed E-state index contributed by atoms with van der Waals surface area (Å²) >= 11 is 0. The predicted molar refractivity (Wildman–Crippen MR) is 85.0 cm³/mol. The van der Waals surface area contributed by atoms with Gasteiger partial charge in [-0.05, 0) is 17.5 Å². The molecule has 0 spiro atoms. The second-order valence-corrected chi connectivity index (χ2v) is 5.65. The second kappa shape index (κ2) is 6.14. The lowest BCUT2D eigenvalue weighted by molar-refractivity contribution is -0.140. The van der Waals surface area contributed by atoms with Crippen molar-refractivity contribution in [2.24, 2.45) is 5.92 Å². The third kappa shape index (κ3) is 2.54. The first-order valence-corrected chi connectivity index (χ1v) is 7.66. The minimum absolute atomic E-state index is 0.0507. The van der Waals surface area contributed by atoms with Gasteiger partial charge in [0, 0.05) is 0 Å². The van der Waals surface area contributed by atoms with E-state index in [2.05, 4.69) is 0 Å². The molecule has 1 heterocycles. The van der Waals surface area contributed by atoms with Gasteiger partial charge < -0.3 is 0 Å². The number of rotatable bonds is 4. The molecule has 3 nitrogen and oxygen atoms in total. The van der Waals surface area contributed by atoms with Crippen LogP contribution in [0.2, 0.25) is 0 Å². The molecule has 2 amide bonds. The van der Waals surface area contributed by atoms with Crippen molar-refractivity contribution in [1.29, 1.82) is 0 Å². The Kier molecular flexibility index (Phi) is 4.05. The fraction of sp³-hybridized carbons (Fsp3) is 0.263. The normalized spacial score (nSPS) is 21.4. The van der Waals surface area contributed by atoms with E-state index in [1.54, 1.807) is 0 Å². The molecule has 1 fully saturated rings. The van der Waals surface area contributed by atoms with E-state index in [1.807, 2.05) is 67.6 Å². The lowest BCUT2D eigenvalue weighted by Crippen LogP contribution is -2.30. The van der Waals surface area contributed by atoms with Crippen molar-refractivity contribution in [1.82, 2.24) is 4.90 Å². The van der Waals surface area contributed by atoms with E-state index in [1.165, 1.54) is 4.90 Å². The van der Waals surface area contributed by atoms with Gasteiger partial charge in [-0.25, -0.2) is 0 Å². The van der Waals surface area contributed by atoms with Gasteiger partial charge in [0.2, 0.25) is 11.8 Å². The molecule has 3 rings (SSSR count). The van der Waals surface area contributed by atoms with Gasteiger partial charge in [-0.15, -0.1) is 0 Å². The van der Waals surface area contributed by atoms with Gasteiger partial charge in [-0.3, -0.25) is 14.5 Å². The van der Waals surface area contributed by atoms with Crippen LogP contribution in [0.1, 0.15) is 30.4 Å². The van der Waals surface area contributed by atoms with E-state index in [0.717, 1.165) is 11.1 Å². The quantitative estimate of drug-likeness (QED) is 0.811. The number of imide groups is 1. The summed E-state index contributed by atoms with van der Waals surface area (Å²) in [6.07, 6.45) is 0.676. The fourth-order valence-corrected chi connectivity index (χ4v) is 3.16. The van der Waals surface area contributed by atoms with Crippen LogP contribution in [0.3, 0.4) is 0 Å². The molecule has 22 heavy (non-hydrogen) atoms. The topological polar surface area (TPSA) is 37.4 Å². The second-order valence-electron chi connectivity index (χ2n) is 5.65. The number of carbonyl (C=O) groups is 2. The third-order valence-electron chi connectivity index (χ3n) is 4.30. The zero-order valence-electron chi connectivity index (χ0n) is 12.6. The summed E-state index contributed by atoms with van der Waals surface area (Å²) in [5, 5.41) is 0. The van der Waals surface area contributed by atoms with Gasteiger partial charge >= 0.3 is 0 Å². The summed E-state index contributed by atoms with van der Waals surface area (Å²) in [6.45, 7) is 2.33. The van der Waals surface area contributed by atoms with Gasteiger partial charge in [-0.2, -0.15) is 0 Å². The molecule has 2 aromatic rings. The maximum atomic E-state index is 12.8. The number of likely N-dealkylation sites (tertiary alicyclic amines) is 1. The molecule has 0 aliphatic carbocycles. The number of hydrogen-bond donors (Lipinski definition) is 0. The minimum Gasteiger partial charge on any atom is -0.277 e. The molecule has 3 heteroatoms. The number of nitrogens with zero attached hydrogens (tertiary/aromatic N) is 1. The first-order valence-electron chi connectivity index (χ1n) is 7.66. The Balaban J connectivity index is 1.90. The average Bonchev–Trinajstić information content (AvgIpc) is 2.80. The molecule has 1 saturated heterocycles. The van der Waals surface area contributed by atoms with Crippen LogP contribution < -0.4 is 0 Å². The Hall–Kier alpha value is -2.42. The van der Waals surface area contributed by atoms with Crippen molar-refractivity contribution < 1.29 is 9.59 Å². The van der Waals surface area contributed by atoms with E-state index in [4.69, 9.17) is 0 Å². The van der Waals surface area contributed by atoms with Crippen LogP contribution >= 0.6 is 0 Å². The Morgan fingerprint density at radius 2 is 1.45 bits per heavy atom. The summed E-state index contributed by atoms with van der Waals surface area (Å²) in [4.78, 5) is 26.9. The van der Waals surface area contributed by atoms with Crippen molar-refractivity contribution in [3.05, 3.63) is 71.8 Å². The first-order chi connectivity index (χ1) is 10.7. The average molecular weight is 293 g/mol. The van der Waals surface area contributed by atoms with E-state index in [0.29, 0.717) is 13.0 Å². The number of benzene rings is 2. The minimum atomic E-state index is -0.345. The zero-order valence-corrected chi connectivity index (χ0v) is 12.6. The molecule has 1 aliphatic rings. The van der Waals surface area contributed by atoms with Crippen LogP contribution in [0.5, 0.6) is 0 Å². The van der Waals surface area contributed by atoms with E-state index >= 15 is 0 Å². The highest BCUT2D eigenvalue weighted by molar-refractivity contribution is 6.07. The molecule has 0 radical (unpaired) electrons. The summed E-state index contributed by atoms with van der Waals surface area (Å²) in [7, 11) is 0. The highest BCUT2D eigenvalue weighted by Gasteiger charge is 2.46. The SMILES string of the molecule is CC[C@H]1C(=O)N(Cc2ccccc2)C(=O)[C@H]1c1ccccc1. The van der Waals surface area contributed by atoms with Crippen molar-refractivity contribution in [3.8, 4) is 0 Å². The molecule has 2 atom stereocenters. The fourth-order valence-electron chi connectivity index (χ4n) is 3.16. The molecule has 0 aromatic heterocycles. The number of hydrogen-bond acceptors (Lipinski definition) is 2. The van der Waals surface area contributed by atoms with Crippen LogP contribution in [-0.4, -0.2) is 16.7 Å². The van der Waals surface area contributed by atoms with Crippen LogP contribution in [0.25, 0.3) is 0 Å². The van der Waals surface area contributed by atoms with Crippen molar-refractivity contribution in [3.63, 3.8) is 0 Å². The summed E-state index contributed by atoms with van der Waals surface area (Å²) in [5.41, 5.74) is 1.91. The van der Waals surface area contributed by atoms with Gasteiger partial charge in [0.05, 0.1) is 18.4 Å². The Morgan fingerprint density at radius 1 is 0.864 bits per heavy atom. The van der Waals surface area contributed by atoms with E-state index in [-0.39, 0.29) is 23.7 Å². The molecule has 112 valence electrons. The largest absolute Gasteiger partial charge is 0.277 e. The molecular formula is C19H19NO2. The molecule has 2 aromatic carbocycles. The van der Waals surface area contributed by atoms with Gasteiger partial charge in [0.15, 0.2) is 0 Å². The Morgan fingerprint density at radius 3 is 2.05 bits per heavy atom. The predicted octanol–water partition coefficient (Wildman–Crippen LogP) is 3.37. The summed E-state index contributed by atoms with van der Waals surface area (Å²) in [6, 6.07) is 19.3. The highest BCUT2D eigenvalue weighted by Crippen LogP contribution is 2.37. The van der Waals surface area contributed by atoms with Gasteiger partial charge in [0.1, 0.15) is 0 Å². The lowest BCUT2D eigenvalue weighted by atomic mass is 9.86. The molecular weight excluding hydrogens is 274 g/mol. The summed E-state index contributed by atoms with van der Waals surface area (Å²) in [5.74, 6) is -0.724. The maximum Gasteiger partial charge on any atom is 0.237 e. The summed E-state index contributed by atoms with van der Waals surface area (Å²) < 4.78 is 0. The van der Waals surface area contributed by atoms with Crippen LogP contribution in [0.15, 0.2) is 60.7 Å². The smallest absolute Gasteiger partial charge is 0.237 e. The zero-order chi connectivity index (χ0) is 15.5. The Labute approximate surface area is 130 Å². The molecule has 0 bridgehead atoms. The van der Waals surface area contributed by atoms with Crippen LogP contribution in [0, 0.1) is 5.92 Å². The van der Waals surface area contributed by atoms with Crippen molar-refractivity contribution in [2.75, 3.05) is 0 Å². The standard InChI is InChI=1S/C19H19NO2/c1-2-16-17(15-11-7-4-8-12-15)19(22)20(18(16)21)13-14-9-5-3-6-10-14/h3-12,16-17H,2,13H2,1H3/t16-,17+/m1/s1. The van der Waals surface area contributed by atoms with E-state index in [9.17, 15) is 9.59 Å². The highest BCUT2D eigenvalue weighted by atomic mass is 16.2. The third-order valence-corrected chi connectivity index (χ3v) is 4.30. The molecule has 0 unspecified atom stereocenters. The lowest BCUT2D eigenvalue weighted by Gasteiger charge is -2.15. The first kappa shape index (κ1) is 14.5. The van der Waals surface area contributed by atoms with Gasteiger partial charge in [-0.1, -0.05) is 67.6 Å². The van der Waals surface area contributed by atoms with Crippen molar-refractivity contribution >= 4 is 11.8 Å². The Bertz CT molecular complexity index is 666. The van der Waals surface area contributed by atoms with Crippen LogP contribution in [0.4, 0.5) is 0 Å².